The van der Waals surface area contributed by atoms with Crippen molar-refractivity contribution < 1.29 is 33.8 Å². The first-order chi connectivity index (χ1) is 16.8. The summed E-state index contributed by atoms with van der Waals surface area (Å²) >= 11 is 0. The zero-order chi connectivity index (χ0) is 24.7. The van der Waals surface area contributed by atoms with Gasteiger partial charge in [0.25, 0.3) is 5.91 Å². The second-order valence-corrected chi connectivity index (χ2v) is 11.6. The Morgan fingerprint density at radius 2 is 1.49 bits per heavy atom. The van der Waals surface area contributed by atoms with Crippen LogP contribution < -0.4 is 0 Å². The van der Waals surface area contributed by atoms with Crippen molar-refractivity contribution in [2.75, 3.05) is 32.8 Å². The van der Waals surface area contributed by atoms with E-state index >= 15 is 0 Å². The van der Waals surface area contributed by atoms with Crippen LogP contribution in [0.5, 0.6) is 0 Å². The van der Waals surface area contributed by atoms with Gasteiger partial charge in [0.15, 0.2) is 6.61 Å². The maximum absolute atomic E-state index is 13.8. The molecule has 2 amide bonds. The molecule has 1 N–H and O–H groups in total. The van der Waals surface area contributed by atoms with Crippen LogP contribution in [0.25, 0.3) is 0 Å². The van der Waals surface area contributed by atoms with Crippen LogP contribution in [0.4, 0.5) is 0 Å². The monoisotopic (exact) mass is 490 g/mol. The van der Waals surface area contributed by atoms with Gasteiger partial charge in [-0.15, -0.1) is 0 Å². The van der Waals surface area contributed by atoms with Crippen LogP contribution >= 0.6 is 0 Å². The van der Waals surface area contributed by atoms with Crippen LogP contribution in [0.1, 0.15) is 64.7 Å². The molecule has 6 rings (SSSR count). The number of aliphatic hydroxyl groups is 1. The molecule has 2 atom stereocenters. The minimum absolute atomic E-state index is 0.00228. The Balaban J connectivity index is 1.15. The third kappa shape index (κ3) is 4.80. The van der Waals surface area contributed by atoms with Crippen molar-refractivity contribution in [2.45, 2.75) is 76.9 Å². The second-order valence-electron chi connectivity index (χ2n) is 11.6. The minimum Gasteiger partial charge on any atom is -0.466 e. The van der Waals surface area contributed by atoms with Crippen LogP contribution in [0.2, 0.25) is 0 Å². The van der Waals surface area contributed by atoms with Crippen LogP contribution in [0, 0.1) is 29.1 Å². The van der Waals surface area contributed by atoms with Crippen molar-refractivity contribution in [1.82, 2.24) is 9.80 Å². The van der Waals surface area contributed by atoms with Crippen LogP contribution in [0.15, 0.2) is 0 Å². The lowest BCUT2D eigenvalue weighted by atomic mass is 9.49. The van der Waals surface area contributed by atoms with Gasteiger partial charge in [-0.3, -0.25) is 14.4 Å². The molecule has 0 spiro atoms. The van der Waals surface area contributed by atoms with Crippen molar-refractivity contribution >= 4 is 23.8 Å². The topological polar surface area (TPSA) is 113 Å². The van der Waals surface area contributed by atoms with E-state index in [1.54, 1.807) is 16.7 Å². The Morgan fingerprint density at radius 3 is 2.06 bits per heavy atom. The fraction of sp³-hybridized carbons (Fsp3) is 0.846. The number of ether oxygens (including phenoxy) is 2. The maximum atomic E-state index is 13.8. The number of piperidine rings is 1. The van der Waals surface area contributed by atoms with Crippen molar-refractivity contribution in [1.29, 1.82) is 0 Å². The van der Waals surface area contributed by atoms with E-state index in [-0.39, 0.29) is 36.7 Å². The smallest absolute Gasteiger partial charge is 0.329 e. The number of carbonyl (C=O) groups excluding carboxylic acids is 4. The molecule has 2 heterocycles. The largest absolute Gasteiger partial charge is 0.466 e. The van der Waals surface area contributed by atoms with Gasteiger partial charge in [-0.25, -0.2) is 4.79 Å². The van der Waals surface area contributed by atoms with Gasteiger partial charge in [0.1, 0.15) is 6.04 Å². The van der Waals surface area contributed by atoms with Gasteiger partial charge in [-0.05, 0) is 76.0 Å². The predicted octanol–water partition coefficient (Wildman–Crippen LogP) is 1.51. The van der Waals surface area contributed by atoms with Crippen molar-refractivity contribution in [3.63, 3.8) is 0 Å². The highest BCUT2D eigenvalue weighted by Crippen LogP contribution is 2.60. The van der Waals surface area contributed by atoms with Crippen molar-refractivity contribution in [3.05, 3.63) is 0 Å². The highest BCUT2D eigenvalue weighted by Gasteiger charge is 2.57. The van der Waals surface area contributed by atoms with E-state index in [2.05, 4.69) is 0 Å². The van der Waals surface area contributed by atoms with Gasteiger partial charge in [0, 0.05) is 26.1 Å². The number of rotatable bonds is 6. The molecule has 35 heavy (non-hydrogen) atoms. The molecular weight excluding hydrogens is 452 g/mol. The standard InChI is InChI=1S/C26H38N2O7/c1-2-34-23(31)19-3-5-27(6-4-19)22(30)15-35-24(32)21-10-20(29)14-28(21)25(33)26-11-16-7-17(12-26)9-18(8-16)13-26/h16-21,29H,2-15H2,1H3/t16?,17?,18?,20?,21-,26?/m0/s1. The summed E-state index contributed by atoms with van der Waals surface area (Å²) in [5.74, 6) is 0.464. The van der Waals surface area contributed by atoms with Gasteiger partial charge in [0.05, 0.1) is 24.0 Å². The number of aliphatic hydroxyl groups excluding tert-OH is 1. The Labute approximate surface area is 206 Å². The average molecular weight is 491 g/mol. The molecule has 2 aliphatic heterocycles. The summed E-state index contributed by atoms with van der Waals surface area (Å²) in [7, 11) is 0. The molecule has 4 bridgehead atoms. The summed E-state index contributed by atoms with van der Waals surface area (Å²) in [5, 5.41) is 10.3. The van der Waals surface area contributed by atoms with E-state index in [1.165, 1.54) is 19.3 Å². The molecule has 194 valence electrons. The molecular formula is C26H38N2O7. The molecule has 6 aliphatic rings. The number of hydrogen-bond acceptors (Lipinski definition) is 7. The molecule has 9 nitrogen and oxygen atoms in total. The van der Waals surface area contributed by atoms with Gasteiger partial charge in [-0.2, -0.15) is 0 Å². The van der Waals surface area contributed by atoms with E-state index in [0.717, 1.165) is 19.3 Å². The molecule has 4 saturated carbocycles. The molecule has 6 fully saturated rings. The Bertz CT molecular complexity index is 830. The van der Waals surface area contributed by atoms with E-state index in [1.807, 2.05) is 0 Å². The first-order valence-corrected chi connectivity index (χ1v) is 13.4. The summed E-state index contributed by atoms with van der Waals surface area (Å²) < 4.78 is 10.4. The molecule has 9 heteroatoms. The number of carbonyl (C=O) groups is 4. The first-order valence-electron chi connectivity index (χ1n) is 13.4. The third-order valence-electron chi connectivity index (χ3n) is 9.11. The number of esters is 2. The predicted molar refractivity (Wildman–Crippen MR) is 124 cm³/mol. The highest BCUT2D eigenvalue weighted by molar-refractivity contribution is 5.90. The van der Waals surface area contributed by atoms with Gasteiger partial charge >= 0.3 is 11.9 Å². The lowest BCUT2D eigenvalue weighted by Crippen LogP contribution is -2.56. The fourth-order valence-electron chi connectivity index (χ4n) is 7.88. The normalized spacial score (nSPS) is 36.3. The third-order valence-corrected chi connectivity index (χ3v) is 9.11. The number of amides is 2. The number of β-amino-alcohol motifs (C(OH)–C–C–N with tert-alkyl or cyclic N) is 1. The van der Waals surface area contributed by atoms with E-state index in [0.29, 0.717) is 50.3 Å². The lowest BCUT2D eigenvalue weighted by Gasteiger charge is -2.56. The molecule has 0 aromatic heterocycles. The van der Waals surface area contributed by atoms with Crippen LogP contribution in [-0.4, -0.2) is 83.7 Å². The van der Waals surface area contributed by atoms with Gasteiger partial charge < -0.3 is 24.4 Å². The van der Waals surface area contributed by atoms with Gasteiger partial charge in [-0.1, -0.05) is 0 Å². The van der Waals surface area contributed by atoms with Crippen molar-refractivity contribution in [2.24, 2.45) is 29.1 Å². The minimum atomic E-state index is -0.840. The Kier molecular flexibility index (Phi) is 6.81. The quantitative estimate of drug-likeness (QED) is 0.562. The molecule has 4 aliphatic carbocycles. The summed E-state index contributed by atoms with van der Waals surface area (Å²) in [4.78, 5) is 54.4. The second kappa shape index (κ2) is 9.71. The van der Waals surface area contributed by atoms with E-state index < -0.39 is 30.1 Å². The molecule has 0 aromatic carbocycles. The summed E-state index contributed by atoms with van der Waals surface area (Å²) in [6.45, 7) is 2.69. The zero-order valence-corrected chi connectivity index (χ0v) is 20.7. The lowest BCUT2D eigenvalue weighted by molar-refractivity contribution is -0.167. The van der Waals surface area contributed by atoms with Crippen LogP contribution in [0.3, 0.4) is 0 Å². The SMILES string of the molecule is CCOC(=O)C1CCN(C(=O)COC(=O)[C@@H]2CC(O)CN2C(=O)C23CC4CC(CC(C4)C2)C3)CC1. The first kappa shape index (κ1) is 24.5. The van der Waals surface area contributed by atoms with E-state index in [4.69, 9.17) is 9.47 Å². The van der Waals surface area contributed by atoms with Crippen LogP contribution in [-0.2, 0) is 28.7 Å². The number of hydrogen-bond donors (Lipinski definition) is 1. The average Bonchev–Trinajstić information content (AvgIpc) is 3.22. The number of nitrogens with zero attached hydrogens (tertiary/aromatic N) is 2. The van der Waals surface area contributed by atoms with Gasteiger partial charge in [0.2, 0.25) is 5.91 Å². The molecule has 1 unspecified atom stereocenters. The van der Waals surface area contributed by atoms with Crippen molar-refractivity contribution in [3.8, 4) is 0 Å². The maximum Gasteiger partial charge on any atom is 0.329 e. The highest BCUT2D eigenvalue weighted by atomic mass is 16.5. The Morgan fingerprint density at radius 1 is 0.886 bits per heavy atom. The molecule has 2 saturated heterocycles. The molecule has 0 radical (unpaired) electrons. The summed E-state index contributed by atoms with van der Waals surface area (Å²) in [6.07, 6.45) is 6.80. The zero-order valence-electron chi connectivity index (χ0n) is 20.7. The summed E-state index contributed by atoms with van der Waals surface area (Å²) in [6, 6.07) is -0.840. The molecule has 0 aromatic rings. The number of likely N-dealkylation sites (tertiary alicyclic amines) is 2. The fourth-order valence-corrected chi connectivity index (χ4v) is 7.88. The summed E-state index contributed by atoms with van der Waals surface area (Å²) in [5.41, 5.74) is -0.392. The Hall–Kier alpha value is -2.16. The van der Waals surface area contributed by atoms with E-state index in [9.17, 15) is 24.3 Å².